The van der Waals surface area contributed by atoms with Gasteiger partial charge < -0.3 is 11.5 Å². The lowest BCUT2D eigenvalue weighted by Crippen LogP contribution is -2.36. The molecular weight excluding hydrogens is 412 g/mol. The first-order chi connectivity index (χ1) is 15.0. The molecule has 31 heavy (non-hydrogen) atoms. The zero-order valence-electron chi connectivity index (χ0n) is 17.3. The van der Waals surface area contributed by atoms with Crippen LogP contribution in [0.4, 0.5) is 0 Å². The zero-order valence-corrected chi connectivity index (χ0v) is 18.0. The molecule has 7 heteroatoms. The summed E-state index contributed by atoms with van der Waals surface area (Å²) in [6.07, 6.45) is 3.62. The van der Waals surface area contributed by atoms with Crippen molar-refractivity contribution >= 4 is 17.5 Å². The summed E-state index contributed by atoms with van der Waals surface area (Å²) in [5, 5.41) is 5.32. The second kappa shape index (κ2) is 10.9. The fraction of sp³-hybridized carbons (Fsp3) is 0.292. The molecule has 0 aliphatic heterocycles. The lowest BCUT2D eigenvalue weighted by atomic mass is 9.86. The van der Waals surface area contributed by atoms with Crippen LogP contribution in [0.2, 0.25) is 5.02 Å². The molecule has 1 amide bonds. The maximum absolute atomic E-state index is 12.6. The summed E-state index contributed by atoms with van der Waals surface area (Å²) >= 11 is 5.54. The van der Waals surface area contributed by atoms with E-state index < -0.39 is 11.5 Å². The second-order valence-electron chi connectivity index (χ2n) is 7.63. The van der Waals surface area contributed by atoms with Crippen molar-refractivity contribution in [1.29, 1.82) is 0 Å². The second-order valence-corrected chi connectivity index (χ2v) is 8.07. The highest BCUT2D eigenvalue weighted by molar-refractivity contribution is 6.30. The van der Waals surface area contributed by atoms with Crippen molar-refractivity contribution in [2.45, 2.75) is 31.7 Å². The van der Waals surface area contributed by atoms with Gasteiger partial charge in [-0.15, -0.1) is 0 Å². The van der Waals surface area contributed by atoms with Gasteiger partial charge in [0, 0.05) is 10.6 Å². The third-order valence-corrected chi connectivity index (χ3v) is 5.75. The molecule has 1 aliphatic rings. The smallest absolute Gasteiger partial charge is 0.279 e. The molecule has 4 rings (SSSR count). The maximum Gasteiger partial charge on any atom is 0.279 e. The molecule has 162 valence electrons. The number of halogens is 1. The average molecular weight is 439 g/mol. The largest absolute Gasteiger partial charge is 0.365 e. The van der Waals surface area contributed by atoms with E-state index in [1.165, 1.54) is 10.7 Å². The van der Waals surface area contributed by atoms with Crippen LogP contribution in [0.5, 0.6) is 0 Å². The molecule has 1 saturated carbocycles. The van der Waals surface area contributed by atoms with Gasteiger partial charge in [0.1, 0.15) is 5.56 Å². The van der Waals surface area contributed by atoms with E-state index in [1.54, 1.807) is 0 Å². The minimum absolute atomic E-state index is 0.00944. The summed E-state index contributed by atoms with van der Waals surface area (Å²) in [5.41, 5.74) is 12.2. The predicted molar refractivity (Wildman–Crippen MR) is 124 cm³/mol. The number of benzene rings is 2. The summed E-state index contributed by atoms with van der Waals surface area (Å²) in [6, 6.07) is 20.4. The van der Waals surface area contributed by atoms with Gasteiger partial charge in [0.2, 0.25) is 0 Å². The Morgan fingerprint density at radius 1 is 1.00 bits per heavy atom. The van der Waals surface area contributed by atoms with Crippen LogP contribution >= 0.6 is 11.6 Å². The topological polar surface area (TPSA) is 104 Å². The molecule has 0 saturated heterocycles. The van der Waals surface area contributed by atoms with Crippen molar-refractivity contribution in [2.24, 2.45) is 17.4 Å². The van der Waals surface area contributed by atoms with Crippen LogP contribution in [0.1, 0.15) is 42.1 Å². The molecule has 1 fully saturated rings. The standard InChI is InChI=1S/C18H22N4O2.C6H5Cl/c19-11-12-6-8-14(9-7-12)22-18(24)15(17(20)23)10-16(21-22)13-4-2-1-3-5-13;7-6-4-2-1-3-5-6/h1-5,10,12,14H,6-9,11,19H2,(H2,20,23);1-5H. The summed E-state index contributed by atoms with van der Waals surface area (Å²) in [4.78, 5) is 24.3. The molecule has 0 bridgehead atoms. The minimum Gasteiger partial charge on any atom is -0.365 e. The van der Waals surface area contributed by atoms with Gasteiger partial charge in [-0.3, -0.25) is 9.59 Å². The highest BCUT2D eigenvalue weighted by atomic mass is 35.5. The Bertz CT molecular complexity index is 1050. The number of aromatic nitrogens is 2. The van der Waals surface area contributed by atoms with E-state index in [2.05, 4.69) is 5.10 Å². The lowest BCUT2D eigenvalue weighted by Gasteiger charge is -2.28. The van der Waals surface area contributed by atoms with Crippen molar-refractivity contribution in [3.63, 3.8) is 0 Å². The number of amides is 1. The van der Waals surface area contributed by atoms with E-state index in [0.29, 0.717) is 18.2 Å². The van der Waals surface area contributed by atoms with E-state index in [1.807, 2.05) is 60.7 Å². The van der Waals surface area contributed by atoms with Gasteiger partial charge in [0.25, 0.3) is 11.5 Å². The molecule has 2 aromatic carbocycles. The van der Waals surface area contributed by atoms with Crippen LogP contribution in [0.25, 0.3) is 11.3 Å². The van der Waals surface area contributed by atoms with Crippen LogP contribution in [-0.2, 0) is 0 Å². The first-order valence-electron chi connectivity index (χ1n) is 10.4. The van der Waals surface area contributed by atoms with Crippen LogP contribution in [0.3, 0.4) is 0 Å². The number of nitrogens with two attached hydrogens (primary N) is 2. The Morgan fingerprint density at radius 3 is 2.06 bits per heavy atom. The Hall–Kier alpha value is -2.96. The highest BCUT2D eigenvalue weighted by Crippen LogP contribution is 2.31. The number of rotatable bonds is 4. The average Bonchev–Trinajstić information content (AvgIpc) is 2.81. The molecule has 0 atom stereocenters. The number of primary amides is 1. The Morgan fingerprint density at radius 2 is 1.58 bits per heavy atom. The van der Waals surface area contributed by atoms with Crippen molar-refractivity contribution < 1.29 is 4.79 Å². The Labute approximate surface area is 186 Å². The summed E-state index contributed by atoms with van der Waals surface area (Å²) < 4.78 is 1.45. The molecule has 1 aliphatic carbocycles. The highest BCUT2D eigenvalue weighted by Gasteiger charge is 2.25. The normalized spacial score (nSPS) is 18.0. The number of carbonyl (C=O) groups is 1. The van der Waals surface area contributed by atoms with Gasteiger partial charge in [-0.25, -0.2) is 4.68 Å². The minimum atomic E-state index is -0.719. The quantitative estimate of drug-likeness (QED) is 0.641. The van der Waals surface area contributed by atoms with Crippen molar-refractivity contribution in [2.75, 3.05) is 6.54 Å². The Kier molecular flexibility index (Phi) is 7.98. The molecule has 1 aromatic heterocycles. The van der Waals surface area contributed by atoms with Crippen molar-refractivity contribution in [1.82, 2.24) is 9.78 Å². The van der Waals surface area contributed by atoms with Crippen LogP contribution in [-0.4, -0.2) is 22.2 Å². The molecule has 0 radical (unpaired) electrons. The molecule has 0 spiro atoms. The maximum atomic E-state index is 12.6. The van der Waals surface area contributed by atoms with Gasteiger partial charge >= 0.3 is 0 Å². The summed E-state index contributed by atoms with van der Waals surface area (Å²) in [7, 11) is 0. The molecule has 0 unspecified atom stereocenters. The van der Waals surface area contributed by atoms with Crippen molar-refractivity contribution in [3.8, 4) is 11.3 Å². The van der Waals surface area contributed by atoms with E-state index in [9.17, 15) is 9.59 Å². The van der Waals surface area contributed by atoms with Gasteiger partial charge in [-0.1, -0.05) is 60.1 Å². The van der Waals surface area contributed by atoms with E-state index in [-0.39, 0.29) is 11.6 Å². The van der Waals surface area contributed by atoms with Gasteiger partial charge in [0.05, 0.1) is 11.7 Å². The molecule has 4 N–H and O–H groups in total. The van der Waals surface area contributed by atoms with Gasteiger partial charge in [0.15, 0.2) is 0 Å². The molecule has 1 heterocycles. The number of hydrogen-bond donors (Lipinski definition) is 2. The number of hydrogen-bond acceptors (Lipinski definition) is 4. The SMILES string of the molecule is Clc1ccccc1.NCC1CCC(n2nc(-c3ccccc3)cc(C(N)=O)c2=O)CC1. The monoisotopic (exact) mass is 438 g/mol. The Balaban J connectivity index is 0.000000330. The third kappa shape index (κ3) is 6.03. The van der Waals surface area contributed by atoms with Gasteiger partial charge in [-0.2, -0.15) is 5.10 Å². The summed E-state index contributed by atoms with van der Waals surface area (Å²) in [6.45, 7) is 0.672. The van der Waals surface area contributed by atoms with Crippen molar-refractivity contribution in [3.05, 3.63) is 87.7 Å². The molecule has 3 aromatic rings. The van der Waals surface area contributed by atoms with Gasteiger partial charge in [-0.05, 0) is 56.3 Å². The first kappa shape index (κ1) is 22.7. The summed E-state index contributed by atoms with van der Waals surface area (Å²) in [5.74, 6) is -0.214. The number of nitrogens with zero attached hydrogens (tertiary/aromatic N) is 2. The van der Waals surface area contributed by atoms with E-state index in [0.717, 1.165) is 36.3 Å². The molecule has 6 nitrogen and oxygen atoms in total. The first-order valence-corrected chi connectivity index (χ1v) is 10.8. The third-order valence-electron chi connectivity index (χ3n) is 5.50. The van der Waals surface area contributed by atoms with Crippen LogP contribution in [0.15, 0.2) is 71.5 Å². The fourth-order valence-corrected chi connectivity index (χ4v) is 3.87. The molecular formula is C24H27ClN4O2. The lowest BCUT2D eigenvalue weighted by molar-refractivity contribution is 0.0997. The van der Waals surface area contributed by atoms with E-state index >= 15 is 0 Å². The predicted octanol–water partition coefficient (Wildman–Crippen LogP) is 4.04. The fourth-order valence-electron chi connectivity index (χ4n) is 3.73. The van der Waals surface area contributed by atoms with Crippen LogP contribution in [0, 0.1) is 5.92 Å². The van der Waals surface area contributed by atoms with E-state index in [4.69, 9.17) is 23.1 Å². The van der Waals surface area contributed by atoms with Crippen LogP contribution < -0.4 is 17.0 Å². The zero-order chi connectivity index (χ0) is 22.2. The number of carbonyl (C=O) groups excluding carboxylic acids is 1.